The molecule has 3 atom stereocenters. The van der Waals surface area contributed by atoms with Gasteiger partial charge in [-0.1, -0.05) is 30.3 Å². The van der Waals surface area contributed by atoms with Gasteiger partial charge in [-0.2, -0.15) is 0 Å². The number of nitro groups is 1. The van der Waals surface area contributed by atoms with Crippen molar-refractivity contribution in [3.05, 3.63) is 64.2 Å². The third-order valence-corrected chi connectivity index (χ3v) is 6.04. The molecule has 2 aliphatic rings. The van der Waals surface area contributed by atoms with Crippen LogP contribution in [-0.2, 0) is 14.3 Å². The summed E-state index contributed by atoms with van der Waals surface area (Å²) in [5.74, 6) is -0.897. The standard InChI is InChI=1S/C23H22N4O5/c1-14-20(22(28)32-13-15-7-6-12-31-15)21(16-8-2-4-10-18(16)27(29)30)26-19-11-5-3-9-17(19)25-23(26)24-14/h2-5,8-11,15,20-21H,6-7,12-13H2,1H3. The first kappa shape index (κ1) is 20.3. The first-order valence-electron chi connectivity index (χ1n) is 10.6. The minimum atomic E-state index is -0.831. The van der Waals surface area contributed by atoms with Crippen LogP contribution in [0.1, 0.15) is 31.4 Å². The van der Waals surface area contributed by atoms with Crippen molar-refractivity contribution < 1.29 is 19.2 Å². The van der Waals surface area contributed by atoms with Crippen molar-refractivity contribution in [1.82, 2.24) is 9.55 Å². The molecule has 32 heavy (non-hydrogen) atoms. The van der Waals surface area contributed by atoms with Crippen molar-refractivity contribution in [2.24, 2.45) is 10.9 Å². The number of imidazole rings is 1. The number of aromatic nitrogens is 2. The smallest absolute Gasteiger partial charge is 0.317 e. The van der Waals surface area contributed by atoms with E-state index in [1.54, 1.807) is 25.1 Å². The average molecular weight is 434 g/mol. The number of hydrogen-bond acceptors (Lipinski definition) is 7. The Morgan fingerprint density at radius 2 is 2.03 bits per heavy atom. The Kier molecular flexibility index (Phi) is 5.18. The maximum absolute atomic E-state index is 13.3. The molecule has 1 saturated heterocycles. The van der Waals surface area contributed by atoms with E-state index in [2.05, 4.69) is 9.98 Å². The summed E-state index contributed by atoms with van der Waals surface area (Å²) in [5.41, 5.74) is 2.31. The molecule has 0 bridgehead atoms. The Bertz CT molecular complexity index is 1230. The molecular weight excluding hydrogens is 412 g/mol. The van der Waals surface area contributed by atoms with Crippen LogP contribution in [0.15, 0.2) is 53.5 Å². The van der Waals surface area contributed by atoms with Crippen LogP contribution >= 0.6 is 0 Å². The van der Waals surface area contributed by atoms with Gasteiger partial charge < -0.3 is 9.47 Å². The molecule has 2 aliphatic heterocycles. The highest BCUT2D eigenvalue weighted by Crippen LogP contribution is 2.42. The molecule has 9 nitrogen and oxygen atoms in total. The second-order valence-corrected chi connectivity index (χ2v) is 8.03. The first-order valence-corrected chi connectivity index (χ1v) is 10.6. The molecule has 9 heteroatoms. The molecule has 0 saturated carbocycles. The summed E-state index contributed by atoms with van der Waals surface area (Å²) in [6, 6.07) is 13.2. The molecule has 3 heterocycles. The van der Waals surface area contributed by atoms with E-state index in [0.29, 0.717) is 29.3 Å². The summed E-state index contributed by atoms with van der Waals surface area (Å²) in [5, 5.41) is 11.9. The predicted octanol–water partition coefficient (Wildman–Crippen LogP) is 3.98. The zero-order valence-electron chi connectivity index (χ0n) is 17.5. The van der Waals surface area contributed by atoms with E-state index in [-0.39, 0.29) is 18.4 Å². The quantitative estimate of drug-likeness (QED) is 0.341. The number of carbonyl (C=O) groups excluding carboxylic acids is 1. The van der Waals surface area contributed by atoms with Crippen LogP contribution in [0.2, 0.25) is 0 Å². The number of nitro benzene ring substituents is 1. The molecule has 1 aromatic heterocycles. The zero-order chi connectivity index (χ0) is 22.2. The second kappa shape index (κ2) is 8.16. The van der Waals surface area contributed by atoms with Gasteiger partial charge in [0.15, 0.2) is 0 Å². The SMILES string of the molecule is CC1=Nc2nc3ccccc3n2C(c2ccccc2[N+](=O)[O-])C1C(=O)OCC1CCCO1. The summed E-state index contributed by atoms with van der Waals surface area (Å²) in [6.45, 7) is 2.56. The number of aliphatic imine (C=N–C) groups is 1. The van der Waals surface area contributed by atoms with Crippen molar-refractivity contribution in [2.45, 2.75) is 31.9 Å². The number of fused-ring (bicyclic) bond motifs is 3. The Morgan fingerprint density at radius 3 is 2.81 bits per heavy atom. The molecule has 0 N–H and O–H groups in total. The lowest BCUT2D eigenvalue weighted by Gasteiger charge is -2.31. The number of esters is 1. The fraction of sp³-hybridized carbons (Fsp3) is 0.348. The molecule has 164 valence electrons. The molecule has 0 spiro atoms. The van der Waals surface area contributed by atoms with E-state index in [9.17, 15) is 14.9 Å². The molecule has 2 aromatic carbocycles. The number of benzene rings is 2. The van der Waals surface area contributed by atoms with Crippen LogP contribution in [-0.4, -0.2) is 45.5 Å². The van der Waals surface area contributed by atoms with E-state index >= 15 is 0 Å². The Labute approximate surface area is 183 Å². The summed E-state index contributed by atoms with van der Waals surface area (Å²) in [6.07, 6.45) is 1.67. The third-order valence-electron chi connectivity index (χ3n) is 6.04. The molecule has 0 aliphatic carbocycles. The highest BCUT2D eigenvalue weighted by Gasteiger charge is 2.42. The fourth-order valence-electron chi connectivity index (χ4n) is 4.55. The van der Waals surface area contributed by atoms with Gasteiger partial charge in [0.1, 0.15) is 12.5 Å². The topological polar surface area (TPSA) is 109 Å². The van der Waals surface area contributed by atoms with Crippen LogP contribution in [0.4, 0.5) is 11.6 Å². The van der Waals surface area contributed by atoms with Crippen molar-refractivity contribution in [2.75, 3.05) is 13.2 Å². The molecule has 3 unspecified atom stereocenters. The van der Waals surface area contributed by atoms with Crippen molar-refractivity contribution in [3.8, 4) is 0 Å². The molecule has 5 rings (SSSR count). The van der Waals surface area contributed by atoms with Crippen molar-refractivity contribution in [1.29, 1.82) is 0 Å². The van der Waals surface area contributed by atoms with Gasteiger partial charge in [0, 0.05) is 18.4 Å². The van der Waals surface area contributed by atoms with Crippen molar-refractivity contribution >= 4 is 34.4 Å². The van der Waals surface area contributed by atoms with E-state index in [0.717, 1.165) is 18.4 Å². The van der Waals surface area contributed by atoms with Crippen LogP contribution in [0.3, 0.4) is 0 Å². The normalized spacial score (nSPS) is 22.4. The monoisotopic (exact) mass is 434 g/mol. The van der Waals surface area contributed by atoms with Crippen LogP contribution in [0.25, 0.3) is 11.0 Å². The molecule has 0 amide bonds. The van der Waals surface area contributed by atoms with Gasteiger partial charge in [0.25, 0.3) is 5.69 Å². The van der Waals surface area contributed by atoms with Crippen LogP contribution < -0.4 is 0 Å². The minimum absolute atomic E-state index is 0.0622. The van der Waals surface area contributed by atoms with E-state index in [1.807, 2.05) is 28.8 Å². The Morgan fingerprint density at radius 1 is 1.25 bits per heavy atom. The lowest BCUT2D eigenvalue weighted by Crippen LogP contribution is -2.37. The number of para-hydroxylation sites is 3. The Hall–Kier alpha value is -3.59. The summed E-state index contributed by atoms with van der Waals surface area (Å²) < 4.78 is 13.0. The largest absolute Gasteiger partial charge is 0.462 e. The number of ether oxygens (including phenoxy) is 2. The van der Waals surface area contributed by atoms with Gasteiger partial charge in [0.05, 0.1) is 33.7 Å². The number of rotatable bonds is 5. The van der Waals surface area contributed by atoms with Gasteiger partial charge in [-0.3, -0.25) is 19.5 Å². The van der Waals surface area contributed by atoms with Gasteiger partial charge in [-0.25, -0.2) is 9.98 Å². The third kappa shape index (κ3) is 3.44. The Balaban J connectivity index is 1.63. The van der Waals surface area contributed by atoms with Gasteiger partial charge in [-0.15, -0.1) is 0 Å². The van der Waals surface area contributed by atoms with Crippen LogP contribution in [0.5, 0.6) is 0 Å². The fourth-order valence-corrected chi connectivity index (χ4v) is 4.55. The van der Waals surface area contributed by atoms with E-state index < -0.39 is 22.9 Å². The number of hydrogen-bond donors (Lipinski definition) is 0. The second-order valence-electron chi connectivity index (χ2n) is 8.03. The lowest BCUT2D eigenvalue weighted by atomic mass is 9.87. The van der Waals surface area contributed by atoms with Gasteiger partial charge in [-0.05, 0) is 31.9 Å². The average Bonchev–Trinajstić information content (AvgIpc) is 3.44. The summed E-state index contributed by atoms with van der Waals surface area (Å²) >= 11 is 0. The maximum Gasteiger partial charge on any atom is 0.317 e. The maximum atomic E-state index is 13.3. The highest BCUT2D eigenvalue weighted by molar-refractivity contribution is 6.04. The molecular formula is C23H22N4O5. The molecule has 1 fully saturated rings. The van der Waals surface area contributed by atoms with Gasteiger partial charge >= 0.3 is 5.97 Å². The zero-order valence-corrected chi connectivity index (χ0v) is 17.5. The first-order chi connectivity index (χ1) is 15.5. The van der Waals surface area contributed by atoms with Gasteiger partial charge in [0.2, 0.25) is 5.95 Å². The summed E-state index contributed by atoms with van der Waals surface area (Å²) in [7, 11) is 0. The van der Waals surface area contributed by atoms with E-state index in [1.165, 1.54) is 6.07 Å². The predicted molar refractivity (Wildman–Crippen MR) is 117 cm³/mol. The lowest BCUT2D eigenvalue weighted by molar-refractivity contribution is -0.385. The highest BCUT2D eigenvalue weighted by atomic mass is 16.6. The van der Waals surface area contributed by atoms with Crippen molar-refractivity contribution in [3.63, 3.8) is 0 Å². The molecule has 0 radical (unpaired) electrons. The van der Waals surface area contributed by atoms with Crippen LogP contribution in [0, 0.1) is 16.0 Å². The number of nitrogens with zero attached hydrogens (tertiary/aromatic N) is 4. The molecule has 3 aromatic rings. The number of carbonyl (C=O) groups is 1. The minimum Gasteiger partial charge on any atom is -0.462 e. The van der Waals surface area contributed by atoms with E-state index in [4.69, 9.17) is 9.47 Å². The summed E-state index contributed by atoms with van der Waals surface area (Å²) in [4.78, 5) is 33.9.